The van der Waals surface area contributed by atoms with Crippen molar-refractivity contribution in [2.75, 3.05) is 26.3 Å². The first-order valence-electron chi connectivity index (χ1n) is 9.54. The van der Waals surface area contributed by atoms with E-state index in [1.165, 1.54) is 12.0 Å². The van der Waals surface area contributed by atoms with Gasteiger partial charge in [0.15, 0.2) is 0 Å². The third kappa shape index (κ3) is 4.11. The number of nitrogens with zero attached hydrogens (tertiary/aromatic N) is 3. The maximum Gasteiger partial charge on any atom is 0.0732 e. The van der Waals surface area contributed by atoms with Crippen LogP contribution in [0.2, 0.25) is 0 Å². The van der Waals surface area contributed by atoms with Crippen molar-refractivity contribution in [1.82, 2.24) is 14.9 Å². The Morgan fingerprint density at radius 3 is 2.73 bits per heavy atom. The van der Waals surface area contributed by atoms with Crippen LogP contribution >= 0.6 is 0 Å². The molecule has 0 saturated carbocycles. The molecule has 4 heterocycles. The highest BCUT2D eigenvalue weighted by atomic mass is 16.5. The highest BCUT2D eigenvalue weighted by Crippen LogP contribution is 2.41. The zero-order valence-electron chi connectivity index (χ0n) is 15.2. The summed E-state index contributed by atoms with van der Waals surface area (Å²) in [5.74, 6) is 0. The van der Waals surface area contributed by atoms with Crippen LogP contribution in [0.1, 0.15) is 30.4 Å². The summed E-state index contributed by atoms with van der Waals surface area (Å²) in [5, 5.41) is 0. The van der Waals surface area contributed by atoms with Gasteiger partial charge in [0.2, 0.25) is 0 Å². The predicted octanol–water partition coefficient (Wildman–Crippen LogP) is 3.06. The number of ether oxygens (including phenoxy) is 2. The molecule has 5 heteroatoms. The molecule has 2 fully saturated rings. The van der Waals surface area contributed by atoms with E-state index < -0.39 is 0 Å². The zero-order valence-corrected chi connectivity index (χ0v) is 15.2. The van der Waals surface area contributed by atoms with Crippen molar-refractivity contribution in [3.8, 4) is 0 Å². The number of piperidine rings is 1. The molecule has 0 radical (unpaired) electrons. The van der Waals surface area contributed by atoms with Gasteiger partial charge in [0, 0.05) is 56.4 Å². The average molecular weight is 353 g/mol. The van der Waals surface area contributed by atoms with E-state index in [9.17, 15) is 0 Å². The first-order valence-corrected chi connectivity index (χ1v) is 9.54. The molecule has 2 aromatic rings. The lowest BCUT2D eigenvalue weighted by molar-refractivity contribution is -0.155. The van der Waals surface area contributed by atoms with E-state index in [-0.39, 0.29) is 5.41 Å². The Bertz CT molecular complexity index is 682. The molecule has 0 unspecified atom stereocenters. The maximum atomic E-state index is 6.16. The van der Waals surface area contributed by atoms with Crippen LogP contribution in [-0.4, -0.2) is 47.3 Å². The van der Waals surface area contributed by atoms with Gasteiger partial charge in [0.1, 0.15) is 0 Å². The summed E-state index contributed by atoms with van der Waals surface area (Å²) in [5.41, 5.74) is 2.50. The van der Waals surface area contributed by atoms with Crippen LogP contribution in [0.15, 0.2) is 49.1 Å². The number of aromatic nitrogens is 2. The highest BCUT2D eigenvalue weighted by molar-refractivity contribution is 5.09. The summed E-state index contributed by atoms with van der Waals surface area (Å²) in [6, 6.07) is 8.19. The second-order valence-corrected chi connectivity index (χ2v) is 7.54. The van der Waals surface area contributed by atoms with E-state index >= 15 is 0 Å². The molecule has 26 heavy (non-hydrogen) atoms. The normalized spacial score (nSPS) is 26.4. The van der Waals surface area contributed by atoms with Crippen molar-refractivity contribution in [2.24, 2.45) is 5.41 Å². The highest BCUT2D eigenvalue weighted by Gasteiger charge is 2.46. The SMILES string of the molecule is c1cncc(COC[C@@]23CCCO[C@H]2CCN(Cc2cccnc2)C3)c1. The fraction of sp³-hybridized carbons (Fsp3) is 0.524. The second-order valence-electron chi connectivity index (χ2n) is 7.54. The molecule has 5 nitrogen and oxygen atoms in total. The monoisotopic (exact) mass is 353 g/mol. The topological polar surface area (TPSA) is 47.5 Å². The van der Waals surface area contributed by atoms with E-state index in [0.717, 1.165) is 51.3 Å². The van der Waals surface area contributed by atoms with E-state index in [0.29, 0.717) is 12.7 Å². The molecule has 2 saturated heterocycles. The van der Waals surface area contributed by atoms with Gasteiger partial charge in [-0.3, -0.25) is 14.9 Å². The van der Waals surface area contributed by atoms with Crippen LogP contribution in [0.5, 0.6) is 0 Å². The van der Waals surface area contributed by atoms with Crippen LogP contribution in [0.4, 0.5) is 0 Å². The van der Waals surface area contributed by atoms with Gasteiger partial charge in [0.25, 0.3) is 0 Å². The molecule has 2 aliphatic heterocycles. The summed E-state index contributed by atoms with van der Waals surface area (Å²) in [4.78, 5) is 11.0. The smallest absolute Gasteiger partial charge is 0.0732 e. The van der Waals surface area contributed by atoms with Crippen LogP contribution in [0.25, 0.3) is 0 Å². The molecule has 0 spiro atoms. The summed E-state index contributed by atoms with van der Waals surface area (Å²) in [7, 11) is 0. The molecule has 2 atom stereocenters. The Morgan fingerprint density at radius 1 is 1.15 bits per heavy atom. The number of pyridine rings is 2. The molecular weight excluding hydrogens is 326 g/mol. The van der Waals surface area contributed by atoms with Gasteiger partial charge >= 0.3 is 0 Å². The molecule has 2 aromatic heterocycles. The van der Waals surface area contributed by atoms with Gasteiger partial charge in [-0.1, -0.05) is 12.1 Å². The van der Waals surface area contributed by atoms with Crippen molar-refractivity contribution in [3.63, 3.8) is 0 Å². The Kier molecular flexibility index (Phi) is 5.58. The summed E-state index contributed by atoms with van der Waals surface area (Å²) in [6.07, 6.45) is 11.2. The number of fused-ring (bicyclic) bond motifs is 1. The number of hydrogen-bond donors (Lipinski definition) is 0. The van der Waals surface area contributed by atoms with Crippen molar-refractivity contribution in [1.29, 1.82) is 0 Å². The molecule has 0 N–H and O–H groups in total. The van der Waals surface area contributed by atoms with Crippen LogP contribution in [-0.2, 0) is 22.6 Å². The third-order valence-electron chi connectivity index (χ3n) is 5.58. The zero-order chi connectivity index (χ0) is 17.7. The Hall–Kier alpha value is -1.82. The minimum atomic E-state index is 0.0981. The van der Waals surface area contributed by atoms with Crippen LogP contribution in [0, 0.1) is 5.41 Å². The summed E-state index contributed by atoms with van der Waals surface area (Å²) in [6.45, 7) is 5.30. The fourth-order valence-electron chi connectivity index (χ4n) is 4.33. The molecule has 0 aliphatic carbocycles. The standard InChI is InChI=1S/C21H27N3O2/c1-4-18(12-22-8-1)14-24-10-6-20-21(16-24,7-3-11-26-20)17-25-15-19-5-2-9-23-13-19/h1-2,4-5,8-9,12-13,20H,3,6-7,10-11,14-17H2/t20-,21-/m0/s1. The lowest BCUT2D eigenvalue weighted by atomic mass is 9.73. The lowest BCUT2D eigenvalue weighted by Gasteiger charge is -2.50. The van der Waals surface area contributed by atoms with E-state index in [2.05, 4.69) is 27.0 Å². The van der Waals surface area contributed by atoms with Gasteiger partial charge in [-0.15, -0.1) is 0 Å². The average Bonchev–Trinajstić information content (AvgIpc) is 2.69. The Labute approximate surface area is 155 Å². The molecule has 0 bridgehead atoms. The second kappa shape index (κ2) is 8.25. The lowest BCUT2D eigenvalue weighted by Crippen LogP contribution is -2.56. The molecule has 2 aliphatic rings. The molecule has 4 rings (SSSR count). The van der Waals surface area contributed by atoms with E-state index in [1.54, 1.807) is 6.20 Å². The maximum absolute atomic E-state index is 6.16. The van der Waals surface area contributed by atoms with E-state index in [4.69, 9.17) is 9.47 Å². The van der Waals surface area contributed by atoms with Crippen molar-refractivity contribution in [2.45, 2.75) is 38.5 Å². The van der Waals surface area contributed by atoms with Gasteiger partial charge in [0.05, 0.1) is 19.3 Å². The van der Waals surface area contributed by atoms with Crippen molar-refractivity contribution in [3.05, 3.63) is 60.2 Å². The van der Waals surface area contributed by atoms with Crippen LogP contribution in [0.3, 0.4) is 0 Å². The van der Waals surface area contributed by atoms with Gasteiger partial charge in [-0.2, -0.15) is 0 Å². The van der Waals surface area contributed by atoms with E-state index in [1.807, 2.05) is 30.7 Å². The Morgan fingerprint density at radius 2 is 1.96 bits per heavy atom. The number of hydrogen-bond acceptors (Lipinski definition) is 5. The van der Waals surface area contributed by atoms with Crippen LogP contribution < -0.4 is 0 Å². The number of likely N-dealkylation sites (tertiary alicyclic amines) is 1. The third-order valence-corrected chi connectivity index (χ3v) is 5.58. The largest absolute Gasteiger partial charge is 0.377 e. The molecule has 0 aromatic carbocycles. The number of rotatable bonds is 6. The van der Waals surface area contributed by atoms with Gasteiger partial charge in [-0.05, 0) is 42.5 Å². The molecule has 138 valence electrons. The quantitative estimate of drug-likeness (QED) is 0.799. The fourth-order valence-corrected chi connectivity index (χ4v) is 4.33. The Balaban J connectivity index is 1.41. The van der Waals surface area contributed by atoms with Crippen molar-refractivity contribution < 1.29 is 9.47 Å². The molecule has 0 amide bonds. The minimum Gasteiger partial charge on any atom is -0.377 e. The first-order chi connectivity index (χ1) is 12.8. The summed E-state index contributed by atoms with van der Waals surface area (Å²) >= 11 is 0. The van der Waals surface area contributed by atoms with Gasteiger partial charge < -0.3 is 9.47 Å². The predicted molar refractivity (Wildman–Crippen MR) is 99.4 cm³/mol. The summed E-state index contributed by atoms with van der Waals surface area (Å²) < 4.78 is 12.3. The van der Waals surface area contributed by atoms with Gasteiger partial charge in [-0.25, -0.2) is 0 Å². The van der Waals surface area contributed by atoms with Crippen molar-refractivity contribution >= 4 is 0 Å². The molecular formula is C21H27N3O2. The first kappa shape index (κ1) is 17.6. The minimum absolute atomic E-state index is 0.0981.